The van der Waals surface area contributed by atoms with Crippen molar-refractivity contribution in [3.8, 4) is 0 Å². The minimum atomic E-state index is -0.261. The summed E-state index contributed by atoms with van der Waals surface area (Å²) in [6.07, 6.45) is 2.82. The van der Waals surface area contributed by atoms with Gasteiger partial charge in [0.15, 0.2) is 0 Å². The molecule has 19 heavy (non-hydrogen) atoms. The number of aliphatic hydroxyl groups is 1. The third kappa shape index (κ3) is 3.69. The van der Waals surface area contributed by atoms with Gasteiger partial charge in [0.1, 0.15) is 0 Å². The third-order valence-corrected chi connectivity index (χ3v) is 4.51. The maximum absolute atomic E-state index is 12.6. The fourth-order valence-corrected chi connectivity index (χ4v) is 3.60. The minimum Gasteiger partial charge on any atom is -0.392 e. The molecule has 4 nitrogen and oxygen atoms in total. The van der Waals surface area contributed by atoms with E-state index >= 15 is 0 Å². The molecule has 0 aliphatic carbocycles. The van der Waals surface area contributed by atoms with E-state index in [1.807, 2.05) is 11.8 Å². The molecule has 0 bridgehead atoms. The van der Waals surface area contributed by atoms with E-state index in [0.29, 0.717) is 18.4 Å². The van der Waals surface area contributed by atoms with Gasteiger partial charge >= 0.3 is 0 Å². The molecule has 0 aromatic carbocycles. The number of piperidine rings is 2. The van der Waals surface area contributed by atoms with Gasteiger partial charge in [-0.25, -0.2) is 0 Å². The Morgan fingerprint density at radius 1 is 1.21 bits per heavy atom. The van der Waals surface area contributed by atoms with Gasteiger partial charge in [0.25, 0.3) is 0 Å². The Kier molecular flexibility index (Phi) is 4.85. The fraction of sp³-hybridized carbons (Fsp3) is 0.933. The van der Waals surface area contributed by atoms with Crippen LogP contribution in [0.2, 0.25) is 0 Å². The number of hydrogen-bond acceptors (Lipinski definition) is 3. The lowest BCUT2D eigenvalue weighted by Gasteiger charge is -2.40. The van der Waals surface area contributed by atoms with Crippen LogP contribution in [0.5, 0.6) is 0 Å². The topological polar surface area (TPSA) is 43.8 Å². The van der Waals surface area contributed by atoms with Crippen molar-refractivity contribution < 1.29 is 9.90 Å². The lowest BCUT2D eigenvalue weighted by molar-refractivity contribution is -0.140. The number of aliphatic hydroxyl groups excluding tert-OH is 1. The Bertz CT molecular complexity index is 311. The quantitative estimate of drug-likeness (QED) is 0.822. The van der Waals surface area contributed by atoms with Crippen LogP contribution in [0.4, 0.5) is 0 Å². The summed E-state index contributed by atoms with van der Waals surface area (Å²) in [6.45, 7) is 9.81. The molecular weight excluding hydrogens is 240 g/mol. The van der Waals surface area contributed by atoms with E-state index in [9.17, 15) is 9.90 Å². The molecule has 2 heterocycles. The zero-order valence-corrected chi connectivity index (χ0v) is 12.5. The number of nitrogens with zero attached hydrogens (tertiary/aromatic N) is 2. The highest BCUT2D eigenvalue weighted by molar-refractivity contribution is 5.81. The summed E-state index contributed by atoms with van der Waals surface area (Å²) < 4.78 is 0. The van der Waals surface area contributed by atoms with Crippen LogP contribution in [0.15, 0.2) is 0 Å². The van der Waals surface area contributed by atoms with E-state index in [1.165, 1.54) is 6.42 Å². The van der Waals surface area contributed by atoms with E-state index in [4.69, 9.17) is 0 Å². The van der Waals surface area contributed by atoms with E-state index in [0.717, 1.165) is 32.5 Å². The molecule has 2 rings (SSSR count). The van der Waals surface area contributed by atoms with Crippen molar-refractivity contribution >= 4 is 5.91 Å². The Labute approximate surface area is 116 Å². The predicted molar refractivity (Wildman–Crippen MR) is 75.8 cm³/mol. The smallest absolute Gasteiger partial charge is 0.239 e. The van der Waals surface area contributed by atoms with E-state index in [2.05, 4.69) is 18.7 Å². The van der Waals surface area contributed by atoms with E-state index < -0.39 is 0 Å². The largest absolute Gasteiger partial charge is 0.392 e. The number of carbonyl (C=O) groups excluding carboxylic acids is 1. The minimum absolute atomic E-state index is 0.0903. The van der Waals surface area contributed by atoms with E-state index in [-0.39, 0.29) is 18.1 Å². The lowest BCUT2D eigenvalue weighted by Crippen LogP contribution is -2.54. The normalized spacial score (nSPS) is 35.2. The van der Waals surface area contributed by atoms with Crippen molar-refractivity contribution in [2.45, 2.75) is 52.2 Å². The number of amides is 1. The molecular formula is C15H28N2O2. The zero-order valence-electron chi connectivity index (χ0n) is 12.5. The molecule has 2 aliphatic heterocycles. The van der Waals surface area contributed by atoms with Crippen LogP contribution in [0.25, 0.3) is 0 Å². The summed E-state index contributed by atoms with van der Waals surface area (Å²) >= 11 is 0. The molecule has 1 N–H and O–H groups in total. The molecule has 0 radical (unpaired) electrons. The molecule has 2 aliphatic rings. The first-order valence-electron chi connectivity index (χ1n) is 7.68. The number of β-amino-alcohol motifs (C(OH)–C–C–N with tert-alkyl or cyclic N) is 1. The Morgan fingerprint density at radius 2 is 1.84 bits per heavy atom. The summed E-state index contributed by atoms with van der Waals surface area (Å²) in [5, 5.41) is 9.74. The van der Waals surface area contributed by atoms with Gasteiger partial charge < -0.3 is 10.0 Å². The second-order valence-corrected chi connectivity index (χ2v) is 6.66. The van der Waals surface area contributed by atoms with Gasteiger partial charge in [-0.1, -0.05) is 13.8 Å². The van der Waals surface area contributed by atoms with E-state index in [1.54, 1.807) is 0 Å². The third-order valence-electron chi connectivity index (χ3n) is 4.51. The maximum Gasteiger partial charge on any atom is 0.239 e. The van der Waals surface area contributed by atoms with Crippen molar-refractivity contribution in [3.05, 3.63) is 0 Å². The molecule has 4 unspecified atom stereocenters. The average molecular weight is 268 g/mol. The van der Waals surface area contributed by atoms with Crippen molar-refractivity contribution in [2.24, 2.45) is 11.8 Å². The lowest BCUT2D eigenvalue weighted by atomic mass is 9.91. The Balaban J connectivity index is 1.94. The van der Waals surface area contributed by atoms with Gasteiger partial charge in [0.2, 0.25) is 5.91 Å². The van der Waals surface area contributed by atoms with Crippen LogP contribution in [0, 0.1) is 11.8 Å². The van der Waals surface area contributed by atoms with Crippen LogP contribution in [-0.4, -0.2) is 59.1 Å². The molecule has 4 heteroatoms. The van der Waals surface area contributed by atoms with Gasteiger partial charge in [0, 0.05) is 19.6 Å². The standard InChI is InChI=1S/C15H28N2O2/c1-11-7-12(2)9-17(8-11)15(19)13(3)16-6-4-5-14(18)10-16/h11-14,18H,4-10H2,1-3H3. The van der Waals surface area contributed by atoms with Crippen molar-refractivity contribution in [1.29, 1.82) is 0 Å². The first kappa shape index (κ1) is 14.8. The molecule has 0 aromatic heterocycles. The van der Waals surface area contributed by atoms with Crippen molar-refractivity contribution in [2.75, 3.05) is 26.2 Å². The highest BCUT2D eigenvalue weighted by Gasteiger charge is 2.32. The SMILES string of the molecule is CC1CC(C)CN(C(=O)C(C)N2CCCC(O)C2)C1. The Morgan fingerprint density at radius 3 is 2.42 bits per heavy atom. The van der Waals surface area contributed by atoms with Crippen LogP contribution in [0.1, 0.15) is 40.0 Å². The second-order valence-electron chi connectivity index (χ2n) is 6.66. The van der Waals surface area contributed by atoms with Gasteiger partial charge in [-0.2, -0.15) is 0 Å². The molecule has 110 valence electrons. The van der Waals surface area contributed by atoms with Gasteiger partial charge in [-0.3, -0.25) is 9.69 Å². The van der Waals surface area contributed by atoms with Crippen molar-refractivity contribution in [1.82, 2.24) is 9.80 Å². The maximum atomic E-state index is 12.6. The molecule has 0 saturated carbocycles. The summed E-state index contributed by atoms with van der Waals surface area (Å²) in [5.41, 5.74) is 0. The fourth-order valence-electron chi connectivity index (χ4n) is 3.60. The van der Waals surface area contributed by atoms with Gasteiger partial charge in [-0.05, 0) is 44.6 Å². The summed E-state index contributed by atoms with van der Waals surface area (Å²) in [5.74, 6) is 1.45. The number of carbonyl (C=O) groups is 1. The molecule has 1 amide bonds. The number of hydrogen-bond donors (Lipinski definition) is 1. The first-order chi connectivity index (χ1) is 8.97. The molecule has 2 fully saturated rings. The number of likely N-dealkylation sites (tertiary alicyclic amines) is 2. The summed E-state index contributed by atoms with van der Waals surface area (Å²) in [4.78, 5) is 16.8. The number of rotatable bonds is 2. The first-order valence-corrected chi connectivity index (χ1v) is 7.68. The molecule has 2 saturated heterocycles. The highest BCUT2D eigenvalue weighted by Crippen LogP contribution is 2.23. The second kappa shape index (κ2) is 6.23. The monoisotopic (exact) mass is 268 g/mol. The summed E-state index contributed by atoms with van der Waals surface area (Å²) in [7, 11) is 0. The summed E-state index contributed by atoms with van der Waals surface area (Å²) in [6, 6.07) is -0.0903. The van der Waals surface area contributed by atoms with Crippen molar-refractivity contribution in [3.63, 3.8) is 0 Å². The molecule has 0 aromatic rings. The highest BCUT2D eigenvalue weighted by atomic mass is 16.3. The van der Waals surface area contributed by atoms with Crippen LogP contribution in [0.3, 0.4) is 0 Å². The van der Waals surface area contributed by atoms with Gasteiger partial charge in [0.05, 0.1) is 12.1 Å². The predicted octanol–water partition coefficient (Wildman–Crippen LogP) is 1.34. The van der Waals surface area contributed by atoms with Crippen LogP contribution >= 0.6 is 0 Å². The zero-order chi connectivity index (χ0) is 14.0. The molecule has 0 spiro atoms. The Hall–Kier alpha value is -0.610. The average Bonchev–Trinajstić information content (AvgIpc) is 2.36. The van der Waals surface area contributed by atoms with Gasteiger partial charge in [-0.15, -0.1) is 0 Å². The van der Waals surface area contributed by atoms with Crippen LogP contribution in [-0.2, 0) is 4.79 Å². The molecule has 4 atom stereocenters. The van der Waals surface area contributed by atoms with Crippen LogP contribution < -0.4 is 0 Å².